The SMILES string of the molecule is CC(=O)c1ccc(NC(=O)CCSc2nc(-c3ccccc3)n(-c3ccccc3)n2)cc1. The van der Waals surface area contributed by atoms with E-state index in [-0.39, 0.29) is 11.7 Å². The molecule has 1 heterocycles. The zero-order chi connectivity index (χ0) is 22.3. The fourth-order valence-electron chi connectivity index (χ4n) is 3.12. The molecule has 0 saturated heterocycles. The van der Waals surface area contributed by atoms with Gasteiger partial charge in [0.1, 0.15) is 0 Å². The molecule has 1 amide bonds. The maximum Gasteiger partial charge on any atom is 0.225 e. The van der Waals surface area contributed by atoms with Crippen molar-refractivity contribution in [2.45, 2.75) is 18.5 Å². The fraction of sp³-hybridized carbons (Fsp3) is 0.120. The number of nitrogens with zero attached hydrogens (tertiary/aromatic N) is 3. The highest BCUT2D eigenvalue weighted by Gasteiger charge is 2.14. The van der Waals surface area contributed by atoms with Crippen molar-refractivity contribution in [2.24, 2.45) is 0 Å². The van der Waals surface area contributed by atoms with Crippen molar-refractivity contribution in [3.05, 3.63) is 90.5 Å². The van der Waals surface area contributed by atoms with Gasteiger partial charge >= 0.3 is 0 Å². The molecule has 0 aliphatic heterocycles. The molecule has 3 aromatic carbocycles. The van der Waals surface area contributed by atoms with Gasteiger partial charge in [0.05, 0.1) is 5.69 Å². The van der Waals surface area contributed by atoms with Crippen molar-refractivity contribution in [2.75, 3.05) is 11.1 Å². The Morgan fingerprint density at radius 3 is 2.22 bits per heavy atom. The molecule has 6 nitrogen and oxygen atoms in total. The molecule has 1 aromatic heterocycles. The van der Waals surface area contributed by atoms with Crippen molar-refractivity contribution >= 4 is 29.1 Å². The third-order valence-corrected chi connectivity index (χ3v) is 5.60. The van der Waals surface area contributed by atoms with Gasteiger partial charge < -0.3 is 5.32 Å². The molecular formula is C25H22N4O2S. The Balaban J connectivity index is 1.41. The summed E-state index contributed by atoms with van der Waals surface area (Å²) in [6, 6.07) is 26.7. The first-order valence-corrected chi connectivity index (χ1v) is 11.2. The summed E-state index contributed by atoms with van der Waals surface area (Å²) in [6.45, 7) is 1.52. The molecule has 0 aliphatic rings. The Kier molecular flexibility index (Phi) is 6.77. The number of anilines is 1. The Morgan fingerprint density at radius 2 is 1.56 bits per heavy atom. The Hall–Kier alpha value is -3.71. The van der Waals surface area contributed by atoms with Crippen LogP contribution in [0, 0.1) is 0 Å². The van der Waals surface area contributed by atoms with Crippen molar-refractivity contribution in [1.29, 1.82) is 0 Å². The zero-order valence-corrected chi connectivity index (χ0v) is 18.4. The number of amides is 1. The van der Waals surface area contributed by atoms with E-state index in [0.29, 0.717) is 28.6 Å². The monoisotopic (exact) mass is 442 g/mol. The summed E-state index contributed by atoms with van der Waals surface area (Å²) in [5.41, 5.74) is 3.19. The standard InChI is InChI=1S/C25H22N4O2S/c1-18(30)19-12-14-21(15-13-19)26-23(31)16-17-32-25-27-24(20-8-4-2-5-9-20)29(28-25)22-10-6-3-7-11-22/h2-15H,16-17H2,1H3,(H,26,31). The van der Waals surface area contributed by atoms with Crippen LogP contribution >= 0.6 is 11.8 Å². The minimum Gasteiger partial charge on any atom is -0.326 e. The lowest BCUT2D eigenvalue weighted by Gasteiger charge is -2.05. The number of carbonyl (C=O) groups is 2. The van der Waals surface area contributed by atoms with Crippen LogP contribution in [-0.2, 0) is 4.79 Å². The quantitative estimate of drug-likeness (QED) is 0.298. The predicted octanol–water partition coefficient (Wildman–Crippen LogP) is 5.26. The molecule has 7 heteroatoms. The molecular weight excluding hydrogens is 420 g/mol. The molecule has 0 saturated carbocycles. The van der Waals surface area contributed by atoms with Crippen LogP contribution in [0.2, 0.25) is 0 Å². The summed E-state index contributed by atoms with van der Waals surface area (Å²) >= 11 is 1.44. The molecule has 0 aliphatic carbocycles. The average molecular weight is 443 g/mol. The second kappa shape index (κ2) is 10.1. The van der Waals surface area contributed by atoms with E-state index in [0.717, 1.165) is 17.1 Å². The van der Waals surface area contributed by atoms with Gasteiger partial charge in [-0.25, -0.2) is 9.67 Å². The highest BCUT2D eigenvalue weighted by Crippen LogP contribution is 2.25. The van der Waals surface area contributed by atoms with Crippen molar-refractivity contribution in [3.63, 3.8) is 0 Å². The fourth-order valence-corrected chi connectivity index (χ4v) is 3.88. The molecule has 32 heavy (non-hydrogen) atoms. The van der Waals surface area contributed by atoms with E-state index in [1.165, 1.54) is 18.7 Å². The maximum absolute atomic E-state index is 12.3. The smallest absolute Gasteiger partial charge is 0.225 e. The molecule has 4 aromatic rings. The molecule has 160 valence electrons. The molecule has 0 fully saturated rings. The van der Waals surface area contributed by atoms with Gasteiger partial charge in [-0.15, -0.1) is 5.10 Å². The van der Waals surface area contributed by atoms with Crippen molar-refractivity contribution in [1.82, 2.24) is 14.8 Å². The van der Waals surface area contributed by atoms with E-state index >= 15 is 0 Å². The van der Waals surface area contributed by atoms with E-state index < -0.39 is 0 Å². The minimum absolute atomic E-state index is 0.00316. The van der Waals surface area contributed by atoms with Gasteiger partial charge in [-0.05, 0) is 43.3 Å². The van der Waals surface area contributed by atoms with Gasteiger partial charge in [-0.3, -0.25) is 9.59 Å². The predicted molar refractivity (Wildman–Crippen MR) is 127 cm³/mol. The molecule has 0 radical (unpaired) electrons. The highest BCUT2D eigenvalue weighted by molar-refractivity contribution is 7.99. The second-order valence-electron chi connectivity index (χ2n) is 7.11. The van der Waals surface area contributed by atoms with Gasteiger partial charge in [0.25, 0.3) is 0 Å². The van der Waals surface area contributed by atoms with Crippen LogP contribution in [0.25, 0.3) is 17.1 Å². The van der Waals surface area contributed by atoms with E-state index in [1.807, 2.05) is 65.3 Å². The lowest BCUT2D eigenvalue weighted by Crippen LogP contribution is -2.12. The number of nitrogens with one attached hydrogen (secondary N) is 1. The summed E-state index contributed by atoms with van der Waals surface area (Å²) in [4.78, 5) is 28.4. The van der Waals surface area contributed by atoms with E-state index in [9.17, 15) is 9.59 Å². The largest absolute Gasteiger partial charge is 0.326 e. The normalized spacial score (nSPS) is 10.7. The van der Waals surface area contributed by atoms with Crippen LogP contribution in [0.1, 0.15) is 23.7 Å². The van der Waals surface area contributed by atoms with Crippen LogP contribution in [0.15, 0.2) is 90.1 Å². The first-order valence-electron chi connectivity index (χ1n) is 10.2. The van der Waals surface area contributed by atoms with Crippen LogP contribution in [0.5, 0.6) is 0 Å². The third-order valence-electron chi connectivity index (χ3n) is 4.76. The van der Waals surface area contributed by atoms with E-state index in [2.05, 4.69) is 10.4 Å². The van der Waals surface area contributed by atoms with E-state index in [1.54, 1.807) is 24.3 Å². The van der Waals surface area contributed by atoms with Gasteiger partial charge in [0.15, 0.2) is 11.6 Å². The summed E-state index contributed by atoms with van der Waals surface area (Å²) in [7, 11) is 0. The van der Waals surface area contributed by atoms with Crippen molar-refractivity contribution in [3.8, 4) is 17.1 Å². The Bertz CT molecular complexity index is 1150. The average Bonchev–Trinajstić information content (AvgIpc) is 3.25. The topological polar surface area (TPSA) is 76.9 Å². The van der Waals surface area contributed by atoms with Gasteiger partial charge in [0.2, 0.25) is 11.1 Å². The molecule has 0 unspecified atom stereocenters. The van der Waals surface area contributed by atoms with Crippen molar-refractivity contribution < 1.29 is 9.59 Å². The third kappa shape index (κ3) is 5.31. The lowest BCUT2D eigenvalue weighted by atomic mass is 10.1. The Morgan fingerprint density at radius 1 is 0.906 bits per heavy atom. The number of benzene rings is 3. The van der Waals surface area contributed by atoms with Crippen LogP contribution in [0.3, 0.4) is 0 Å². The molecule has 0 spiro atoms. The van der Waals surface area contributed by atoms with Gasteiger partial charge in [0, 0.05) is 29.0 Å². The number of ketones is 1. The number of aromatic nitrogens is 3. The van der Waals surface area contributed by atoms with Crippen LogP contribution in [0.4, 0.5) is 5.69 Å². The molecule has 0 atom stereocenters. The maximum atomic E-state index is 12.3. The van der Waals surface area contributed by atoms with E-state index in [4.69, 9.17) is 4.98 Å². The summed E-state index contributed by atoms with van der Waals surface area (Å²) in [5.74, 6) is 1.20. The number of carbonyl (C=O) groups excluding carboxylic acids is 2. The van der Waals surface area contributed by atoms with Gasteiger partial charge in [-0.2, -0.15) is 0 Å². The molecule has 0 bridgehead atoms. The summed E-state index contributed by atoms with van der Waals surface area (Å²) < 4.78 is 1.83. The number of thioether (sulfide) groups is 1. The number of hydrogen-bond acceptors (Lipinski definition) is 5. The number of rotatable bonds is 8. The minimum atomic E-state index is -0.0983. The number of Topliss-reactive ketones (excluding diaryl/α,β-unsaturated/α-hetero) is 1. The molecule has 4 rings (SSSR count). The van der Waals surface area contributed by atoms with Gasteiger partial charge in [-0.1, -0.05) is 60.3 Å². The number of para-hydroxylation sites is 1. The lowest BCUT2D eigenvalue weighted by molar-refractivity contribution is -0.115. The number of hydrogen-bond donors (Lipinski definition) is 1. The summed E-state index contributed by atoms with van der Waals surface area (Å²) in [6.07, 6.45) is 0.319. The second-order valence-corrected chi connectivity index (χ2v) is 8.17. The zero-order valence-electron chi connectivity index (χ0n) is 17.6. The van der Waals surface area contributed by atoms with Crippen LogP contribution < -0.4 is 5.32 Å². The first-order chi connectivity index (χ1) is 15.6. The molecule has 1 N–H and O–H groups in total. The van der Waals surface area contributed by atoms with Crippen LogP contribution in [-0.4, -0.2) is 32.2 Å². The first kappa shape index (κ1) is 21.5. The summed E-state index contributed by atoms with van der Waals surface area (Å²) in [5, 5.41) is 8.14. The Labute approximate surface area is 190 Å². The highest BCUT2D eigenvalue weighted by atomic mass is 32.2.